The van der Waals surface area contributed by atoms with Gasteiger partial charge in [0.15, 0.2) is 12.4 Å². The first-order valence-electron chi connectivity index (χ1n) is 29.1. The lowest BCUT2D eigenvalue weighted by molar-refractivity contribution is -0.305. The minimum atomic E-state index is -1.63. The molecule has 1 aliphatic rings. The number of hydrogen-bond donors (Lipinski definition) is 6. The summed E-state index contributed by atoms with van der Waals surface area (Å²) < 4.78 is 17.5. The predicted molar refractivity (Wildman–Crippen MR) is 292 cm³/mol. The molecule has 1 rings (SSSR count). The molecule has 6 N–H and O–H groups in total. The molecule has 1 amide bonds. The molecule has 0 aliphatic carbocycles. The molecule has 0 saturated carbocycles. The average Bonchev–Trinajstić information content (AvgIpc) is 3.37. The van der Waals surface area contributed by atoms with Crippen LogP contribution in [-0.2, 0) is 23.8 Å². The number of allylic oxidation sites excluding steroid dienone is 9. The van der Waals surface area contributed by atoms with E-state index >= 15 is 0 Å². The van der Waals surface area contributed by atoms with E-state index in [1.54, 1.807) is 6.08 Å². The van der Waals surface area contributed by atoms with E-state index < -0.39 is 67.4 Å². The van der Waals surface area contributed by atoms with Gasteiger partial charge in [-0.1, -0.05) is 236 Å². The molecule has 0 spiro atoms. The van der Waals surface area contributed by atoms with Crippen LogP contribution in [0.15, 0.2) is 60.8 Å². The van der Waals surface area contributed by atoms with E-state index in [1.165, 1.54) is 128 Å². The van der Waals surface area contributed by atoms with Gasteiger partial charge in [0, 0.05) is 6.42 Å². The number of hydrogen-bond acceptors (Lipinski definition) is 10. The molecule has 1 aliphatic heterocycles. The van der Waals surface area contributed by atoms with Crippen molar-refractivity contribution in [1.82, 2.24) is 5.32 Å². The van der Waals surface area contributed by atoms with Gasteiger partial charge in [-0.15, -0.1) is 0 Å². The fourth-order valence-corrected chi connectivity index (χ4v) is 8.76. The van der Waals surface area contributed by atoms with Gasteiger partial charge in [0.05, 0.1) is 25.4 Å². The maximum Gasteiger partial charge on any atom is 0.306 e. The Hall–Kier alpha value is -2.64. The smallest absolute Gasteiger partial charge is 0.306 e. The number of rotatable bonds is 48. The first kappa shape index (κ1) is 66.4. The Morgan fingerprint density at radius 2 is 0.972 bits per heavy atom. The topological polar surface area (TPSA) is 175 Å². The third kappa shape index (κ3) is 36.9. The minimum absolute atomic E-state index is 0.0475. The third-order valence-electron chi connectivity index (χ3n) is 13.4. The van der Waals surface area contributed by atoms with Crippen LogP contribution < -0.4 is 5.32 Å². The molecule has 1 fully saturated rings. The number of ether oxygens (including phenoxy) is 3. The summed E-state index contributed by atoms with van der Waals surface area (Å²) in [6.45, 7) is 5.72. The molecule has 11 heteroatoms. The molecule has 1 saturated heterocycles. The molecule has 0 aromatic rings. The van der Waals surface area contributed by atoms with Crippen molar-refractivity contribution in [2.75, 3.05) is 13.2 Å². The van der Waals surface area contributed by atoms with E-state index in [1.807, 2.05) is 12.2 Å². The Bertz CT molecular complexity index is 1380. The lowest BCUT2D eigenvalue weighted by Gasteiger charge is -2.41. The van der Waals surface area contributed by atoms with Gasteiger partial charge in [-0.05, 0) is 64.2 Å². The molecule has 8 atom stereocenters. The van der Waals surface area contributed by atoms with Gasteiger partial charge in [0.25, 0.3) is 0 Å². The normalized spacial score (nSPS) is 20.0. The zero-order chi connectivity index (χ0) is 51.8. The zero-order valence-electron chi connectivity index (χ0n) is 45.3. The van der Waals surface area contributed by atoms with E-state index in [4.69, 9.17) is 14.2 Å². The lowest BCUT2D eigenvalue weighted by Crippen LogP contribution is -2.61. The molecular weight excluding hydrogens is 895 g/mol. The first-order chi connectivity index (χ1) is 34.7. The highest BCUT2D eigenvalue weighted by Crippen LogP contribution is 2.26. The molecule has 1 heterocycles. The lowest BCUT2D eigenvalue weighted by atomic mass is 9.99. The van der Waals surface area contributed by atoms with Crippen LogP contribution in [0.3, 0.4) is 0 Å². The maximum atomic E-state index is 13.4. The number of nitrogens with one attached hydrogen (secondary N) is 1. The van der Waals surface area contributed by atoms with Crippen LogP contribution in [0.4, 0.5) is 0 Å². The molecule has 412 valence electrons. The van der Waals surface area contributed by atoms with Crippen molar-refractivity contribution in [1.29, 1.82) is 0 Å². The standard InChI is InChI=1S/C60H107NO10/c1-4-7-10-13-16-19-22-25-26-27-28-30-33-36-39-42-45-48-55(65)71-58-57(67)56(66)54(49-62)70-60(58)69-50-51(52(63)46-43-40-37-34-32-29-23-20-17-14-11-8-5-2)61-59(68)53(64)47-44-41-38-35-31-24-21-18-15-12-9-6-3/h16,19,25-26,28,30,36,39,43,46,51-54,56-58,60,62-64,66-67H,4-15,17-18,20-24,27,29,31-35,37-38,40-42,44-45,47-50H2,1-3H3,(H,61,68)/b19-16-,26-25-,30-28-,39-36-,46-43+. The SMILES string of the molecule is CCCCC/C=C\C/C=C\C/C=C\C/C=C\CCCC(=O)OC1C(OCC(NC(=O)C(O)CCCCCCCCCCCCCC)C(O)/C=C/CCCCCCCCCCCCC)OC(CO)C(O)C1O. The summed E-state index contributed by atoms with van der Waals surface area (Å²) in [5.41, 5.74) is 0. The molecule has 0 radical (unpaired) electrons. The van der Waals surface area contributed by atoms with Crippen LogP contribution in [0, 0.1) is 0 Å². The van der Waals surface area contributed by atoms with Crippen molar-refractivity contribution < 1.29 is 49.3 Å². The predicted octanol–water partition coefficient (Wildman–Crippen LogP) is 13.1. The van der Waals surface area contributed by atoms with Crippen molar-refractivity contribution in [3.8, 4) is 0 Å². The Labute approximate surface area is 433 Å². The maximum absolute atomic E-state index is 13.4. The van der Waals surface area contributed by atoms with E-state index in [9.17, 15) is 35.1 Å². The number of carbonyl (C=O) groups is 2. The van der Waals surface area contributed by atoms with Gasteiger partial charge in [0.2, 0.25) is 5.91 Å². The van der Waals surface area contributed by atoms with Crippen LogP contribution in [0.5, 0.6) is 0 Å². The largest absolute Gasteiger partial charge is 0.454 e. The summed E-state index contributed by atoms with van der Waals surface area (Å²) in [4.78, 5) is 26.4. The van der Waals surface area contributed by atoms with E-state index in [0.717, 1.165) is 64.2 Å². The number of aliphatic hydroxyl groups excluding tert-OH is 5. The van der Waals surface area contributed by atoms with Crippen molar-refractivity contribution in [2.45, 2.75) is 294 Å². The Balaban J connectivity index is 2.77. The highest BCUT2D eigenvalue weighted by atomic mass is 16.7. The summed E-state index contributed by atoms with van der Waals surface area (Å²) in [5.74, 6) is -1.25. The van der Waals surface area contributed by atoms with Crippen molar-refractivity contribution in [3.63, 3.8) is 0 Å². The summed E-state index contributed by atoms with van der Waals surface area (Å²) in [6, 6.07) is -1.03. The van der Waals surface area contributed by atoms with Crippen LogP contribution in [0.1, 0.15) is 245 Å². The van der Waals surface area contributed by atoms with Gasteiger partial charge in [-0.2, -0.15) is 0 Å². The fourth-order valence-electron chi connectivity index (χ4n) is 8.76. The molecule has 0 aromatic carbocycles. The zero-order valence-corrected chi connectivity index (χ0v) is 45.3. The quantitative estimate of drug-likeness (QED) is 0.0196. The Morgan fingerprint density at radius 1 is 0.549 bits per heavy atom. The number of amides is 1. The van der Waals surface area contributed by atoms with Gasteiger partial charge in [0.1, 0.15) is 24.4 Å². The summed E-state index contributed by atoms with van der Waals surface area (Å²) in [7, 11) is 0. The highest BCUT2D eigenvalue weighted by Gasteiger charge is 2.47. The fraction of sp³-hybridized carbons (Fsp3) is 0.800. The summed E-state index contributed by atoms with van der Waals surface area (Å²) in [5, 5.41) is 56.8. The number of esters is 1. The van der Waals surface area contributed by atoms with Crippen LogP contribution in [0.25, 0.3) is 0 Å². The summed E-state index contributed by atoms with van der Waals surface area (Å²) in [6.07, 6.45) is 48.4. The molecule has 8 unspecified atom stereocenters. The van der Waals surface area contributed by atoms with Crippen LogP contribution >= 0.6 is 0 Å². The number of carbonyl (C=O) groups excluding carboxylic acids is 2. The summed E-state index contributed by atoms with van der Waals surface area (Å²) >= 11 is 0. The first-order valence-corrected chi connectivity index (χ1v) is 29.1. The average molecular weight is 1000 g/mol. The second-order valence-corrected chi connectivity index (χ2v) is 20.0. The van der Waals surface area contributed by atoms with Gasteiger partial charge >= 0.3 is 5.97 Å². The molecular formula is C60H107NO10. The van der Waals surface area contributed by atoms with E-state index in [-0.39, 0.29) is 19.4 Å². The minimum Gasteiger partial charge on any atom is -0.454 e. The third-order valence-corrected chi connectivity index (χ3v) is 13.4. The monoisotopic (exact) mass is 1000 g/mol. The Kier molecular flexibility index (Phi) is 45.2. The second-order valence-electron chi connectivity index (χ2n) is 20.0. The Morgan fingerprint density at radius 3 is 1.48 bits per heavy atom. The van der Waals surface area contributed by atoms with E-state index in [0.29, 0.717) is 19.3 Å². The van der Waals surface area contributed by atoms with Crippen molar-refractivity contribution in [2.24, 2.45) is 0 Å². The number of unbranched alkanes of at least 4 members (excludes halogenated alkanes) is 26. The molecule has 71 heavy (non-hydrogen) atoms. The van der Waals surface area contributed by atoms with Crippen molar-refractivity contribution in [3.05, 3.63) is 60.8 Å². The van der Waals surface area contributed by atoms with Crippen LogP contribution in [0.2, 0.25) is 0 Å². The van der Waals surface area contributed by atoms with E-state index in [2.05, 4.69) is 68.6 Å². The van der Waals surface area contributed by atoms with Gasteiger partial charge in [-0.25, -0.2) is 0 Å². The van der Waals surface area contributed by atoms with Crippen molar-refractivity contribution >= 4 is 11.9 Å². The number of aliphatic hydroxyl groups is 5. The van der Waals surface area contributed by atoms with Crippen LogP contribution in [-0.4, -0.2) is 99.6 Å². The van der Waals surface area contributed by atoms with Gasteiger partial charge in [-0.3, -0.25) is 9.59 Å². The molecule has 0 aromatic heterocycles. The molecule has 11 nitrogen and oxygen atoms in total. The van der Waals surface area contributed by atoms with Gasteiger partial charge < -0.3 is 45.1 Å². The second kappa shape index (κ2) is 48.3. The highest BCUT2D eigenvalue weighted by molar-refractivity contribution is 5.80. The molecule has 0 bridgehead atoms.